The normalized spacial score (nSPS) is 19.8. The number of carboxylic acid groups (broad SMARTS) is 1. The first-order valence-electron chi connectivity index (χ1n) is 7.18. The standard InChI is InChI=1S/C16H14N2O3S3/c1-2-8-18-14(21)13(24-16(18)22)15-17(9-7-12(19)20)10-5-3-4-6-11(10)23-15/h2-6H,1,7-9H2,(H,19,20). The monoisotopic (exact) mass is 378 g/mol. The van der Waals surface area contributed by atoms with E-state index in [-0.39, 0.29) is 12.3 Å². The van der Waals surface area contributed by atoms with Gasteiger partial charge in [-0.05, 0) is 12.1 Å². The molecule has 0 saturated carbocycles. The van der Waals surface area contributed by atoms with Gasteiger partial charge in [0.1, 0.15) is 14.3 Å². The van der Waals surface area contributed by atoms with E-state index in [4.69, 9.17) is 17.3 Å². The molecule has 2 aliphatic heterocycles. The number of anilines is 1. The van der Waals surface area contributed by atoms with Crippen LogP contribution in [0.25, 0.3) is 0 Å². The first-order valence-corrected chi connectivity index (χ1v) is 9.22. The zero-order chi connectivity index (χ0) is 17.3. The molecule has 2 heterocycles. The van der Waals surface area contributed by atoms with Gasteiger partial charge in [-0.2, -0.15) is 0 Å². The van der Waals surface area contributed by atoms with Crippen LogP contribution in [0.4, 0.5) is 5.69 Å². The second-order valence-corrected chi connectivity index (χ2v) is 7.75. The summed E-state index contributed by atoms with van der Waals surface area (Å²) >= 11 is 8.03. The summed E-state index contributed by atoms with van der Waals surface area (Å²) in [5.74, 6) is -1.02. The highest BCUT2D eigenvalue weighted by Gasteiger charge is 2.38. The second kappa shape index (κ2) is 7.00. The number of aliphatic carboxylic acids is 1. The third-order valence-corrected chi connectivity index (χ3v) is 6.26. The van der Waals surface area contributed by atoms with Crippen LogP contribution >= 0.6 is 35.7 Å². The molecule has 2 aliphatic rings. The Morgan fingerprint density at radius 2 is 2.04 bits per heavy atom. The van der Waals surface area contributed by atoms with E-state index >= 15 is 0 Å². The first-order chi connectivity index (χ1) is 11.5. The molecule has 3 rings (SSSR count). The molecule has 0 unspecified atom stereocenters. The number of rotatable bonds is 5. The molecule has 1 fully saturated rings. The van der Waals surface area contributed by atoms with Gasteiger partial charge in [0.05, 0.1) is 12.1 Å². The summed E-state index contributed by atoms with van der Waals surface area (Å²) < 4.78 is 0.497. The summed E-state index contributed by atoms with van der Waals surface area (Å²) in [5.41, 5.74) is 0.924. The quantitative estimate of drug-likeness (QED) is 0.479. The highest BCUT2D eigenvalue weighted by atomic mass is 32.2. The maximum absolute atomic E-state index is 12.7. The average Bonchev–Trinajstić information content (AvgIpc) is 3.05. The molecule has 0 aliphatic carbocycles. The van der Waals surface area contributed by atoms with Crippen molar-refractivity contribution in [3.8, 4) is 0 Å². The third-order valence-electron chi connectivity index (χ3n) is 3.51. The number of benzene rings is 1. The number of hydrogen-bond acceptors (Lipinski definition) is 6. The highest BCUT2D eigenvalue weighted by Crippen LogP contribution is 2.50. The van der Waals surface area contributed by atoms with Gasteiger partial charge >= 0.3 is 5.97 Å². The van der Waals surface area contributed by atoms with Crippen molar-refractivity contribution in [2.24, 2.45) is 0 Å². The van der Waals surface area contributed by atoms with Crippen molar-refractivity contribution in [1.29, 1.82) is 0 Å². The fraction of sp³-hybridized carbons (Fsp3) is 0.188. The molecule has 0 aromatic heterocycles. The number of carboxylic acids is 1. The van der Waals surface area contributed by atoms with Crippen LogP contribution in [-0.2, 0) is 9.59 Å². The molecule has 0 radical (unpaired) electrons. The molecule has 0 spiro atoms. The lowest BCUT2D eigenvalue weighted by atomic mass is 10.2. The van der Waals surface area contributed by atoms with Crippen molar-refractivity contribution in [2.45, 2.75) is 11.3 Å². The van der Waals surface area contributed by atoms with Crippen LogP contribution < -0.4 is 4.90 Å². The minimum Gasteiger partial charge on any atom is -0.481 e. The third kappa shape index (κ3) is 3.09. The van der Waals surface area contributed by atoms with E-state index in [9.17, 15) is 9.59 Å². The number of amides is 1. The van der Waals surface area contributed by atoms with E-state index in [1.54, 1.807) is 6.08 Å². The van der Waals surface area contributed by atoms with Crippen LogP contribution in [0.15, 0.2) is 51.8 Å². The van der Waals surface area contributed by atoms with Gasteiger partial charge in [-0.15, -0.1) is 6.58 Å². The summed E-state index contributed by atoms with van der Waals surface area (Å²) in [6, 6.07) is 7.72. The van der Waals surface area contributed by atoms with Crippen LogP contribution in [0.5, 0.6) is 0 Å². The van der Waals surface area contributed by atoms with E-state index in [0.717, 1.165) is 15.6 Å². The minimum atomic E-state index is -0.872. The van der Waals surface area contributed by atoms with Crippen molar-refractivity contribution in [3.63, 3.8) is 0 Å². The summed E-state index contributed by atoms with van der Waals surface area (Å²) in [6.07, 6.45) is 1.63. The zero-order valence-corrected chi connectivity index (χ0v) is 15.0. The highest BCUT2D eigenvalue weighted by molar-refractivity contribution is 8.27. The number of para-hydroxylation sites is 1. The van der Waals surface area contributed by atoms with Gasteiger partial charge in [0.15, 0.2) is 0 Å². The van der Waals surface area contributed by atoms with Gasteiger partial charge in [0.25, 0.3) is 5.91 Å². The van der Waals surface area contributed by atoms with Crippen LogP contribution in [0.1, 0.15) is 6.42 Å². The van der Waals surface area contributed by atoms with Gasteiger partial charge in [-0.25, -0.2) is 0 Å². The molecule has 1 saturated heterocycles. The number of thioether (sulfide) groups is 2. The number of hydrogen-bond donors (Lipinski definition) is 1. The number of carbonyl (C=O) groups is 2. The van der Waals surface area contributed by atoms with Crippen LogP contribution in [0.3, 0.4) is 0 Å². The van der Waals surface area contributed by atoms with E-state index in [1.807, 2.05) is 29.2 Å². The maximum atomic E-state index is 12.7. The van der Waals surface area contributed by atoms with E-state index in [1.165, 1.54) is 28.4 Å². The molecule has 8 heteroatoms. The van der Waals surface area contributed by atoms with E-state index in [2.05, 4.69) is 6.58 Å². The predicted molar refractivity (Wildman–Crippen MR) is 101 cm³/mol. The first kappa shape index (κ1) is 17.1. The average molecular weight is 379 g/mol. The van der Waals surface area contributed by atoms with Gasteiger partial charge in [0, 0.05) is 18.0 Å². The van der Waals surface area contributed by atoms with Gasteiger partial charge in [-0.1, -0.05) is 54.0 Å². The molecular formula is C16H14N2O3S3. The molecule has 1 N–H and O–H groups in total. The van der Waals surface area contributed by atoms with Gasteiger partial charge in [0.2, 0.25) is 0 Å². The smallest absolute Gasteiger partial charge is 0.305 e. The Morgan fingerprint density at radius 1 is 1.29 bits per heavy atom. The Bertz CT molecular complexity index is 776. The van der Waals surface area contributed by atoms with Crippen LogP contribution in [-0.4, -0.2) is 39.3 Å². The Balaban J connectivity index is 1.99. The summed E-state index contributed by atoms with van der Waals surface area (Å²) in [7, 11) is 0. The molecule has 1 aromatic carbocycles. The van der Waals surface area contributed by atoms with Crippen molar-refractivity contribution >= 4 is 57.6 Å². The van der Waals surface area contributed by atoms with Crippen LogP contribution in [0.2, 0.25) is 0 Å². The van der Waals surface area contributed by atoms with E-state index in [0.29, 0.717) is 22.3 Å². The summed E-state index contributed by atoms with van der Waals surface area (Å²) in [5, 5.41) is 9.77. The topological polar surface area (TPSA) is 60.9 Å². The summed E-state index contributed by atoms with van der Waals surface area (Å²) in [4.78, 5) is 28.6. The second-order valence-electron chi connectivity index (χ2n) is 5.07. The molecule has 1 aromatic rings. The van der Waals surface area contributed by atoms with E-state index < -0.39 is 5.97 Å². The number of carbonyl (C=O) groups excluding carboxylic acids is 1. The summed E-state index contributed by atoms with van der Waals surface area (Å²) in [6.45, 7) is 4.33. The largest absolute Gasteiger partial charge is 0.481 e. The predicted octanol–water partition coefficient (Wildman–Crippen LogP) is 3.29. The van der Waals surface area contributed by atoms with Crippen molar-refractivity contribution in [2.75, 3.05) is 18.0 Å². The molecule has 1 amide bonds. The van der Waals surface area contributed by atoms with Crippen molar-refractivity contribution in [3.05, 3.63) is 46.9 Å². The maximum Gasteiger partial charge on any atom is 0.305 e. The lowest BCUT2D eigenvalue weighted by Gasteiger charge is -2.20. The number of thiocarbonyl (C=S) groups is 1. The van der Waals surface area contributed by atoms with Crippen molar-refractivity contribution in [1.82, 2.24) is 4.90 Å². The molecule has 5 nitrogen and oxygen atoms in total. The fourth-order valence-corrected chi connectivity index (χ4v) is 5.06. The van der Waals surface area contributed by atoms with Crippen LogP contribution in [0, 0.1) is 0 Å². The molecule has 0 bridgehead atoms. The molecule has 0 atom stereocenters. The van der Waals surface area contributed by atoms with Crippen molar-refractivity contribution < 1.29 is 14.7 Å². The zero-order valence-electron chi connectivity index (χ0n) is 12.6. The van der Waals surface area contributed by atoms with Gasteiger partial charge < -0.3 is 10.0 Å². The Kier molecular flexibility index (Phi) is 4.98. The van der Waals surface area contributed by atoms with Gasteiger partial charge in [-0.3, -0.25) is 14.5 Å². The molecule has 24 heavy (non-hydrogen) atoms. The molecule has 124 valence electrons. The lowest BCUT2D eigenvalue weighted by Crippen LogP contribution is -2.29. The number of nitrogens with zero attached hydrogens (tertiary/aromatic N) is 2. The molecular weight excluding hydrogens is 364 g/mol. The Labute approximate surface area is 153 Å². The fourth-order valence-electron chi connectivity index (χ4n) is 2.45. The SMILES string of the molecule is C=CCN1C(=O)C(=C2Sc3ccccc3N2CCC(=O)O)SC1=S. The number of fused-ring (bicyclic) bond motifs is 1. The Morgan fingerprint density at radius 3 is 2.75 bits per heavy atom. The lowest BCUT2D eigenvalue weighted by molar-refractivity contribution is -0.136. The Hall–Kier alpha value is -1.77. The minimum absolute atomic E-state index is 0.00858.